The van der Waals surface area contributed by atoms with Crippen molar-refractivity contribution in [3.05, 3.63) is 72.2 Å². The van der Waals surface area contributed by atoms with Gasteiger partial charge in [-0.3, -0.25) is 0 Å². The second kappa shape index (κ2) is 7.74. The van der Waals surface area contributed by atoms with Gasteiger partial charge >= 0.3 is 0 Å². The predicted molar refractivity (Wildman–Crippen MR) is 113 cm³/mol. The van der Waals surface area contributed by atoms with Crippen LogP contribution < -0.4 is 10.6 Å². The molecule has 0 unspecified atom stereocenters. The maximum atomic E-state index is 6.45. The Balaban J connectivity index is 2.70. The highest BCUT2D eigenvalue weighted by Gasteiger charge is 2.39. The van der Waals surface area contributed by atoms with Crippen LogP contribution in [0, 0.1) is 0 Å². The average molecular weight is 359 g/mol. The van der Waals surface area contributed by atoms with Gasteiger partial charge in [-0.25, -0.2) is 0 Å². The molecule has 0 saturated heterocycles. The van der Waals surface area contributed by atoms with E-state index in [0.29, 0.717) is 0 Å². The predicted octanol–water partition coefficient (Wildman–Crippen LogP) is 5.68. The summed E-state index contributed by atoms with van der Waals surface area (Å²) >= 11 is 6.45. The first-order valence-corrected chi connectivity index (χ1v) is 13.9. The molecule has 2 rings (SSSR count). The first-order chi connectivity index (χ1) is 11.0. The molecule has 0 spiro atoms. The molecule has 122 valence electrons. The van der Waals surface area contributed by atoms with Crippen molar-refractivity contribution in [3.8, 4) is 0 Å². The number of rotatable bonds is 7. The summed E-state index contributed by atoms with van der Waals surface area (Å²) in [7, 11) is -1.57. The van der Waals surface area contributed by atoms with Crippen LogP contribution in [0.15, 0.2) is 72.2 Å². The first-order valence-electron chi connectivity index (χ1n) is 8.46. The summed E-state index contributed by atoms with van der Waals surface area (Å²) in [6.07, 6.45) is 0. The van der Waals surface area contributed by atoms with Crippen molar-refractivity contribution in [3.63, 3.8) is 0 Å². The van der Waals surface area contributed by atoms with Crippen LogP contribution in [0.5, 0.6) is 0 Å². The van der Waals surface area contributed by atoms with Gasteiger partial charge in [-0.1, -0.05) is 118 Å². The van der Waals surface area contributed by atoms with Crippen molar-refractivity contribution in [2.45, 2.75) is 38.9 Å². The minimum Gasteiger partial charge on any atom is -0.0980 e. The van der Waals surface area contributed by atoms with Gasteiger partial charge in [-0.05, 0) is 15.5 Å². The van der Waals surface area contributed by atoms with Crippen molar-refractivity contribution < 1.29 is 0 Å². The zero-order chi connectivity index (χ0) is 16.9. The fraction of sp³-hybridized carbons (Fsp3) is 0.300. The van der Waals surface area contributed by atoms with E-state index in [2.05, 4.69) is 88.0 Å². The highest BCUT2D eigenvalue weighted by Crippen LogP contribution is 2.57. The summed E-state index contributed by atoms with van der Waals surface area (Å²) in [5, 5.41) is 2.58. The van der Waals surface area contributed by atoms with E-state index in [1.54, 1.807) is 0 Å². The second-order valence-corrected chi connectivity index (χ2v) is 16.2. The van der Waals surface area contributed by atoms with Crippen LogP contribution in [0.25, 0.3) is 0 Å². The van der Waals surface area contributed by atoms with Crippen molar-refractivity contribution in [2.75, 3.05) is 0 Å². The summed E-state index contributed by atoms with van der Waals surface area (Å²) in [6, 6.07) is 23.1. The monoisotopic (exact) mass is 358 g/mol. The molecular weight excluding hydrogens is 331 g/mol. The molecule has 0 heterocycles. The maximum Gasteiger partial charge on any atom is 0.0875 e. The zero-order valence-corrected chi connectivity index (χ0v) is 17.2. The van der Waals surface area contributed by atoms with Crippen LogP contribution in [0.3, 0.4) is 0 Å². The highest BCUT2D eigenvalue weighted by atomic mass is 32.4. The molecule has 0 aliphatic heterocycles. The summed E-state index contributed by atoms with van der Waals surface area (Å²) in [4.78, 5) is 1.41. The lowest BCUT2D eigenvalue weighted by Gasteiger charge is -2.38. The third kappa shape index (κ3) is 3.31. The smallest absolute Gasteiger partial charge is 0.0875 e. The van der Waals surface area contributed by atoms with Gasteiger partial charge in [0.1, 0.15) is 0 Å². The second-order valence-electron chi connectivity index (χ2n) is 6.07. The quantitative estimate of drug-likeness (QED) is 0.453. The molecule has 0 nitrogen and oxygen atoms in total. The SMILES string of the molecule is C=C([Si](CC)(CC)CC)P(=S)(c1ccccc1)c1ccccc1. The third-order valence-electron chi connectivity index (χ3n) is 5.26. The van der Waals surface area contributed by atoms with E-state index in [0.717, 1.165) is 0 Å². The summed E-state index contributed by atoms with van der Waals surface area (Å²) in [5.41, 5.74) is 0. The minimum absolute atomic E-state index is 1.23. The van der Waals surface area contributed by atoms with E-state index in [-0.39, 0.29) is 0 Å². The van der Waals surface area contributed by atoms with Crippen LogP contribution in [-0.2, 0) is 11.8 Å². The summed E-state index contributed by atoms with van der Waals surface area (Å²) < 4.78 is 0. The van der Waals surface area contributed by atoms with Gasteiger partial charge in [-0.2, -0.15) is 0 Å². The molecule has 0 radical (unpaired) electrons. The fourth-order valence-corrected chi connectivity index (χ4v) is 15.6. The lowest BCUT2D eigenvalue weighted by atomic mass is 10.4. The van der Waals surface area contributed by atoms with Crippen molar-refractivity contribution >= 4 is 36.5 Å². The van der Waals surface area contributed by atoms with E-state index in [1.165, 1.54) is 33.7 Å². The Bertz CT molecular complexity index is 638. The molecule has 2 aromatic rings. The molecule has 0 aromatic heterocycles. The Hall–Kier alpha value is -0.953. The Morgan fingerprint density at radius 2 is 1.17 bits per heavy atom. The Morgan fingerprint density at radius 3 is 1.48 bits per heavy atom. The molecule has 0 amide bonds. The fourth-order valence-electron chi connectivity index (χ4n) is 3.43. The number of hydrogen-bond donors (Lipinski definition) is 0. The van der Waals surface area contributed by atoms with Crippen molar-refractivity contribution in [2.24, 2.45) is 0 Å². The topological polar surface area (TPSA) is 0 Å². The van der Waals surface area contributed by atoms with E-state index >= 15 is 0 Å². The van der Waals surface area contributed by atoms with Gasteiger partial charge in [0.25, 0.3) is 0 Å². The molecule has 2 aromatic carbocycles. The molecule has 23 heavy (non-hydrogen) atoms. The third-order valence-corrected chi connectivity index (χ3v) is 18.2. The van der Waals surface area contributed by atoms with Crippen LogP contribution in [0.4, 0.5) is 0 Å². The van der Waals surface area contributed by atoms with E-state index in [9.17, 15) is 0 Å². The van der Waals surface area contributed by atoms with Crippen molar-refractivity contribution in [1.29, 1.82) is 0 Å². The Kier molecular flexibility index (Phi) is 6.19. The van der Waals surface area contributed by atoms with Gasteiger partial charge in [0, 0.05) is 6.04 Å². The first kappa shape index (κ1) is 18.4. The van der Waals surface area contributed by atoms with E-state index in [4.69, 9.17) is 11.8 Å². The zero-order valence-electron chi connectivity index (χ0n) is 14.5. The van der Waals surface area contributed by atoms with E-state index < -0.39 is 14.1 Å². The van der Waals surface area contributed by atoms with Gasteiger partial charge in [-0.15, -0.1) is 0 Å². The molecule has 3 heteroatoms. The highest BCUT2D eigenvalue weighted by molar-refractivity contribution is 8.25. The van der Waals surface area contributed by atoms with Crippen LogP contribution in [0.1, 0.15) is 20.8 Å². The maximum absolute atomic E-state index is 6.45. The molecular formula is C20H27PSSi. The van der Waals surface area contributed by atoms with Crippen LogP contribution >= 0.6 is 6.04 Å². The van der Waals surface area contributed by atoms with Gasteiger partial charge in [0.15, 0.2) is 0 Å². The molecule has 0 fully saturated rings. The lowest BCUT2D eigenvalue weighted by Crippen LogP contribution is -2.37. The molecule has 0 saturated carbocycles. The van der Waals surface area contributed by atoms with Gasteiger partial charge in [0.2, 0.25) is 0 Å². The van der Waals surface area contributed by atoms with Crippen LogP contribution in [-0.4, -0.2) is 8.07 Å². The molecule has 0 bridgehead atoms. The molecule has 0 atom stereocenters. The van der Waals surface area contributed by atoms with Crippen molar-refractivity contribution in [1.82, 2.24) is 0 Å². The number of hydrogen-bond acceptors (Lipinski definition) is 1. The average Bonchev–Trinajstić information content (AvgIpc) is 2.64. The Labute approximate surface area is 147 Å². The Morgan fingerprint density at radius 1 is 0.826 bits per heavy atom. The largest absolute Gasteiger partial charge is 0.0980 e. The summed E-state index contributed by atoms with van der Waals surface area (Å²) in [5.74, 6) is 0. The standard InChI is InChI=1S/C20H27PSSi/c1-5-23(6-2,7-3)18(4)21(22,19-14-10-8-11-15-19)20-16-12-9-13-17-20/h8-17H,4-7H2,1-3H3. The van der Waals surface area contributed by atoms with Crippen LogP contribution in [0.2, 0.25) is 18.1 Å². The molecule has 0 aliphatic rings. The normalized spacial score (nSPS) is 12.1. The minimum atomic E-state index is -1.99. The number of benzene rings is 2. The van der Waals surface area contributed by atoms with Gasteiger partial charge in [0.05, 0.1) is 8.07 Å². The molecule has 0 N–H and O–H groups in total. The molecule has 0 aliphatic carbocycles. The summed E-state index contributed by atoms with van der Waals surface area (Å²) in [6.45, 7) is 11.7. The van der Waals surface area contributed by atoms with Gasteiger partial charge < -0.3 is 0 Å². The lowest BCUT2D eigenvalue weighted by molar-refractivity contribution is 1.19. The van der Waals surface area contributed by atoms with E-state index in [1.807, 2.05) is 0 Å².